The highest BCUT2D eigenvalue weighted by Crippen LogP contribution is 2.16. The second-order valence-corrected chi connectivity index (χ2v) is 2.92. The van der Waals surface area contributed by atoms with Crippen LogP contribution in [0, 0.1) is 0 Å². The van der Waals surface area contributed by atoms with Crippen molar-refractivity contribution in [3.63, 3.8) is 0 Å². The van der Waals surface area contributed by atoms with E-state index in [1.165, 1.54) is 0 Å². The van der Waals surface area contributed by atoms with Crippen LogP contribution in [0.3, 0.4) is 0 Å². The maximum atomic E-state index is 4.98. The Morgan fingerprint density at radius 3 is 1.83 bits per heavy atom. The van der Waals surface area contributed by atoms with Gasteiger partial charge in [-0.3, -0.25) is 0 Å². The first kappa shape index (κ1) is 14.0. The number of rotatable bonds is 3. The molecule has 0 rings (SSSR count). The Hall–Kier alpha value is -0.500. The second-order valence-electron chi connectivity index (χ2n) is 1.96. The molecular formula is C10H17BrO. The molecule has 0 fully saturated rings. The van der Waals surface area contributed by atoms with Crippen LogP contribution in [0.2, 0.25) is 0 Å². The van der Waals surface area contributed by atoms with Gasteiger partial charge in [-0.15, -0.1) is 0 Å². The van der Waals surface area contributed by atoms with Gasteiger partial charge in [0.05, 0.1) is 11.6 Å². The molecule has 0 aliphatic carbocycles. The summed E-state index contributed by atoms with van der Waals surface area (Å²) in [5, 5.41) is 0. The summed E-state index contributed by atoms with van der Waals surface area (Å²) in [5.74, 6) is 0.715. The van der Waals surface area contributed by atoms with Gasteiger partial charge in [-0.25, -0.2) is 0 Å². The molecule has 0 radical (unpaired) electrons. The van der Waals surface area contributed by atoms with Crippen LogP contribution < -0.4 is 0 Å². The maximum Gasteiger partial charge on any atom is 0.132 e. The van der Waals surface area contributed by atoms with Crippen molar-refractivity contribution in [2.75, 3.05) is 7.11 Å². The van der Waals surface area contributed by atoms with E-state index in [-0.39, 0.29) is 0 Å². The van der Waals surface area contributed by atoms with Gasteiger partial charge in [0, 0.05) is 0 Å². The molecule has 0 aromatic rings. The fourth-order valence-corrected chi connectivity index (χ4v) is 0.748. The van der Waals surface area contributed by atoms with Crippen molar-refractivity contribution in [3.8, 4) is 0 Å². The lowest BCUT2D eigenvalue weighted by Crippen LogP contribution is -1.84. The fraction of sp³-hybridized carbons (Fsp3) is 0.400. The standard InChI is InChI=1S/C8H11BrO.C2H6/c1-6(2)5-8(10-4)7(3)9;1-2/h5H,1,3H2,2,4H3;1-2H3/b8-5+;. The average molecular weight is 233 g/mol. The van der Waals surface area contributed by atoms with Gasteiger partial charge in [0.1, 0.15) is 5.76 Å². The van der Waals surface area contributed by atoms with Gasteiger partial charge >= 0.3 is 0 Å². The van der Waals surface area contributed by atoms with E-state index in [0.29, 0.717) is 5.76 Å². The summed E-state index contributed by atoms with van der Waals surface area (Å²) in [4.78, 5) is 0. The minimum atomic E-state index is 0.715. The summed E-state index contributed by atoms with van der Waals surface area (Å²) in [5.41, 5.74) is 0.942. The van der Waals surface area contributed by atoms with E-state index in [2.05, 4.69) is 29.1 Å². The van der Waals surface area contributed by atoms with E-state index >= 15 is 0 Å². The number of hydrogen-bond donors (Lipinski definition) is 0. The van der Waals surface area contributed by atoms with E-state index in [0.717, 1.165) is 10.1 Å². The molecular weight excluding hydrogens is 216 g/mol. The Labute approximate surface area is 83.9 Å². The van der Waals surface area contributed by atoms with Crippen molar-refractivity contribution in [1.82, 2.24) is 0 Å². The number of ether oxygens (including phenoxy) is 1. The van der Waals surface area contributed by atoms with Crippen molar-refractivity contribution in [3.05, 3.63) is 35.0 Å². The summed E-state index contributed by atoms with van der Waals surface area (Å²) in [6.07, 6.45) is 1.82. The zero-order chi connectivity index (χ0) is 10.1. The average Bonchev–Trinajstić information content (AvgIpc) is 2.03. The third-order valence-electron chi connectivity index (χ3n) is 0.865. The van der Waals surface area contributed by atoms with Gasteiger partial charge < -0.3 is 4.74 Å². The lowest BCUT2D eigenvalue weighted by atomic mass is 10.3. The molecule has 2 heteroatoms. The van der Waals surface area contributed by atoms with Crippen LogP contribution in [-0.2, 0) is 4.74 Å². The molecule has 0 spiro atoms. The van der Waals surface area contributed by atoms with E-state index in [1.54, 1.807) is 7.11 Å². The minimum absolute atomic E-state index is 0.715. The molecule has 0 N–H and O–H groups in total. The molecule has 0 bridgehead atoms. The minimum Gasteiger partial charge on any atom is -0.496 e. The van der Waals surface area contributed by atoms with E-state index < -0.39 is 0 Å². The molecule has 1 nitrogen and oxygen atoms in total. The normalized spacial score (nSPS) is 9.58. The Bertz CT molecular complexity index is 180. The predicted molar refractivity (Wildman–Crippen MR) is 59.3 cm³/mol. The summed E-state index contributed by atoms with van der Waals surface area (Å²) in [6, 6.07) is 0. The van der Waals surface area contributed by atoms with Gasteiger partial charge in [-0.1, -0.05) is 32.6 Å². The molecule has 0 aliphatic rings. The molecule has 70 valence electrons. The van der Waals surface area contributed by atoms with Crippen molar-refractivity contribution in [2.24, 2.45) is 0 Å². The van der Waals surface area contributed by atoms with Crippen molar-refractivity contribution < 1.29 is 4.74 Å². The Balaban J connectivity index is 0. The van der Waals surface area contributed by atoms with Gasteiger partial charge in [-0.2, -0.15) is 0 Å². The van der Waals surface area contributed by atoms with Crippen LogP contribution in [0.1, 0.15) is 20.8 Å². The summed E-state index contributed by atoms with van der Waals surface area (Å²) >= 11 is 3.20. The first-order valence-electron chi connectivity index (χ1n) is 3.84. The van der Waals surface area contributed by atoms with E-state index in [4.69, 9.17) is 4.74 Å². The number of methoxy groups -OCH3 is 1. The lowest BCUT2D eigenvalue weighted by molar-refractivity contribution is 0.305. The quantitative estimate of drug-likeness (QED) is 0.528. The molecule has 0 aromatic carbocycles. The van der Waals surface area contributed by atoms with Crippen molar-refractivity contribution >= 4 is 15.9 Å². The molecule has 0 heterocycles. The molecule has 0 amide bonds. The number of hydrogen-bond acceptors (Lipinski definition) is 1. The zero-order valence-electron chi connectivity index (χ0n) is 8.28. The Kier molecular flexibility index (Phi) is 10.1. The van der Waals surface area contributed by atoms with Gasteiger partial charge in [-0.05, 0) is 28.9 Å². The molecule has 0 aliphatic heterocycles. The van der Waals surface area contributed by atoms with E-state index in [9.17, 15) is 0 Å². The largest absolute Gasteiger partial charge is 0.496 e. The first-order valence-corrected chi connectivity index (χ1v) is 4.63. The summed E-state index contributed by atoms with van der Waals surface area (Å²) in [7, 11) is 1.60. The smallest absolute Gasteiger partial charge is 0.132 e. The molecule has 12 heavy (non-hydrogen) atoms. The Morgan fingerprint density at radius 2 is 1.75 bits per heavy atom. The van der Waals surface area contributed by atoms with Crippen LogP contribution >= 0.6 is 15.9 Å². The first-order chi connectivity index (χ1) is 5.57. The Morgan fingerprint density at radius 1 is 1.33 bits per heavy atom. The van der Waals surface area contributed by atoms with Crippen LogP contribution in [0.4, 0.5) is 0 Å². The van der Waals surface area contributed by atoms with Crippen LogP contribution in [0.25, 0.3) is 0 Å². The third kappa shape index (κ3) is 7.61. The predicted octanol–water partition coefficient (Wildman–Crippen LogP) is 4.03. The fourth-order valence-electron chi connectivity index (χ4n) is 0.472. The summed E-state index contributed by atoms with van der Waals surface area (Å²) in [6.45, 7) is 13.3. The lowest BCUT2D eigenvalue weighted by Gasteiger charge is -2.02. The topological polar surface area (TPSA) is 9.23 Å². The molecule has 0 saturated heterocycles. The monoisotopic (exact) mass is 232 g/mol. The molecule has 0 saturated carbocycles. The van der Waals surface area contributed by atoms with Crippen LogP contribution in [-0.4, -0.2) is 7.11 Å². The second kappa shape index (κ2) is 8.60. The maximum absolute atomic E-state index is 4.98. The van der Waals surface area contributed by atoms with E-state index in [1.807, 2.05) is 26.8 Å². The van der Waals surface area contributed by atoms with Gasteiger partial charge in [0.15, 0.2) is 0 Å². The molecule has 0 atom stereocenters. The highest BCUT2D eigenvalue weighted by Gasteiger charge is 1.96. The van der Waals surface area contributed by atoms with Crippen molar-refractivity contribution in [2.45, 2.75) is 20.8 Å². The van der Waals surface area contributed by atoms with Crippen LogP contribution in [0.5, 0.6) is 0 Å². The zero-order valence-corrected chi connectivity index (χ0v) is 9.86. The SMILES string of the molecule is C=C(C)/C=C(/OC)C(=C)Br.CC. The van der Waals surface area contributed by atoms with Crippen LogP contribution in [0.15, 0.2) is 35.0 Å². The highest BCUT2D eigenvalue weighted by molar-refractivity contribution is 9.11. The number of halogens is 1. The molecule has 0 unspecified atom stereocenters. The highest BCUT2D eigenvalue weighted by atomic mass is 79.9. The molecule has 0 aromatic heterocycles. The van der Waals surface area contributed by atoms with Crippen molar-refractivity contribution in [1.29, 1.82) is 0 Å². The number of allylic oxidation sites excluding steroid dienone is 3. The van der Waals surface area contributed by atoms with Gasteiger partial charge in [0.2, 0.25) is 0 Å². The summed E-state index contributed by atoms with van der Waals surface area (Å²) < 4.78 is 5.71. The van der Waals surface area contributed by atoms with Gasteiger partial charge in [0.25, 0.3) is 0 Å². The third-order valence-corrected chi connectivity index (χ3v) is 1.26.